The molecule has 2 amide bonds. The zero-order chi connectivity index (χ0) is 16.1. The zero-order valence-electron chi connectivity index (χ0n) is 12.6. The first-order chi connectivity index (χ1) is 10.5. The van der Waals surface area contributed by atoms with Crippen molar-refractivity contribution < 1.29 is 14.3 Å². The lowest BCUT2D eigenvalue weighted by molar-refractivity contribution is 0.262. The van der Waals surface area contributed by atoms with Crippen LogP contribution in [0.15, 0.2) is 36.4 Å². The van der Waals surface area contributed by atoms with Crippen molar-refractivity contribution in [3.05, 3.63) is 47.0 Å². The molecule has 0 aliphatic rings. The third kappa shape index (κ3) is 3.62. The zero-order valence-corrected chi connectivity index (χ0v) is 13.3. The van der Waals surface area contributed by atoms with Crippen LogP contribution in [0, 0.1) is 6.92 Å². The summed E-state index contributed by atoms with van der Waals surface area (Å²) in [6, 6.07) is 10.1. The summed E-state index contributed by atoms with van der Waals surface area (Å²) in [5.74, 6) is 1.02. The summed E-state index contributed by atoms with van der Waals surface area (Å²) in [6.45, 7) is 1.88. The molecule has 0 saturated heterocycles. The van der Waals surface area contributed by atoms with Crippen LogP contribution in [0.3, 0.4) is 0 Å². The number of aryl methyl sites for hydroxylation is 1. The van der Waals surface area contributed by atoms with Gasteiger partial charge in [0.05, 0.1) is 14.2 Å². The largest absolute Gasteiger partial charge is 0.494 e. The van der Waals surface area contributed by atoms with Crippen LogP contribution in [0.1, 0.15) is 5.56 Å². The molecule has 0 aromatic heterocycles. The Balaban J connectivity index is 2.20. The van der Waals surface area contributed by atoms with E-state index in [1.54, 1.807) is 30.3 Å². The molecule has 0 heterocycles. The van der Waals surface area contributed by atoms with Crippen LogP contribution in [-0.2, 0) is 0 Å². The molecule has 0 atom stereocenters. The summed E-state index contributed by atoms with van der Waals surface area (Å²) in [5, 5.41) is 6.04. The van der Waals surface area contributed by atoms with Gasteiger partial charge in [0.1, 0.15) is 17.2 Å². The smallest absolute Gasteiger partial charge is 0.323 e. The molecule has 0 unspecified atom stereocenters. The maximum atomic E-state index is 12.2. The predicted molar refractivity (Wildman–Crippen MR) is 88.4 cm³/mol. The van der Waals surface area contributed by atoms with Gasteiger partial charge >= 0.3 is 6.03 Å². The van der Waals surface area contributed by atoms with Crippen molar-refractivity contribution in [1.29, 1.82) is 0 Å². The summed E-state index contributed by atoms with van der Waals surface area (Å²) >= 11 is 5.94. The van der Waals surface area contributed by atoms with Crippen LogP contribution in [0.2, 0.25) is 5.02 Å². The van der Waals surface area contributed by atoms with Crippen LogP contribution in [0.25, 0.3) is 0 Å². The number of urea groups is 1. The molecule has 2 aromatic carbocycles. The molecule has 0 fully saturated rings. The van der Waals surface area contributed by atoms with E-state index < -0.39 is 6.03 Å². The van der Waals surface area contributed by atoms with Crippen LogP contribution < -0.4 is 20.1 Å². The Morgan fingerprint density at radius 2 is 1.68 bits per heavy atom. The van der Waals surface area contributed by atoms with Crippen molar-refractivity contribution in [2.75, 3.05) is 24.9 Å². The van der Waals surface area contributed by atoms with Gasteiger partial charge in [-0.25, -0.2) is 4.79 Å². The van der Waals surface area contributed by atoms with E-state index in [1.165, 1.54) is 14.2 Å². The highest BCUT2D eigenvalue weighted by molar-refractivity contribution is 6.31. The average molecular weight is 321 g/mol. The van der Waals surface area contributed by atoms with Gasteiger partial charge in [0.25, 0.3) is 0 Å². The number of carbonyl (C=O) groups is 1. The summed E-state index contributed by atoms with van der Waals surface area (Å²) in [4.78, 5) is 12.2. The lowest BCUT2D eigenvalue weighted by Crippen LogP contribution is -2.20. The number of para-hydroxylation sites is 1. The molecule has 2 aromatic rings. The lowest BCUT2D eigenvalue weighted by atomic mass is 10.2. The fourth-order valence-electron chi connectivity index (χ4n) is 1.97. The monoisotopic (exact) mass is 320 g/mol. The van der Waals surface area contributed by atoms with Crippen LogP contribution in [-0.4, -0.2) is 20.3 Å². The van der Waals surface area contributed by atoms with E-state index in [4.69, 9.17) is 21.1 Å². The highest BCUT2D eigenvalue weighted by Gasteiger charge is 2.13. The second kappa shape index (κ2) is 7.04. The normalized spacial score (nSPS) is 10.0. The van der Waals surface area contributed by atoms with Gasteiger partial charge in [-0.2, -0.15) is 0 Å². The first-order valence-corrected chi connectivity index (χ1v) is 6.98. The van der Waals surface area contributed by atoms with E-state index >= 15 is 0 Å². The van der Waals surface area contributed by atoms with Crippen LogP contribution in [0.5, 0.6) is 11.5 Å². The minimum atomic E-state index is -0.409. The van der Waals surface area contributed by atoms with Gasteiger partial charge in [0, 0.05) is 10.7 Å². The van der Waals surface area contributed by atoms with Gasteiger partial charge in [0.15, 0.2) is 0 Å². The molecule has 0 bridgehead atoms. The maximum Gasteiger partial charge on any atom is 0.323 e. The van der Waals surface area contributed by atoms with E-state index in [9.17, 15) is 4.79 Å². The number of anilines is 2. The summed E-state index contributed by atoms with van der Waals surface area (Å²) in [7, 11) is 3.05. The van der Waals surface area contributed by atoms with Crippen molar-refractivity contribution in [1.82, 2.24) is 0 Å². The molecule has 5 nitrogen and oxygen atoms in total. The first-order valence-electron chi connectivity index (χ1n) is 6.60. The molecule has 6 heteroatoms. The maximum absolute atomic E-state index is 12.2. The van der Waals surface area contributed by atoms with E-state index in [0.29, 0.717) is 27.9 Å². The summed E-state index contributed by atoms with van der Waals surface area (Å²) in [6.07, 6.45) is 0. The van der Waals surface area contributed by atoms with E-state index in [0.717, 1.165) is 5.56 Å². The number of hydrogen-bond acceptors (Lipinski definition) is 3. The minimum Gasteiger partial charge on any atom is -0.494 e. The van der Waals surface area contributed by atoms with E-state index in [1.807, 2.05) is 13.0 Å². The third-order valence-electron chi connectivity index (χ3n) is 3.11. The molecule has 0 saturated carbocycles. The van der Waals surface area contributed by atoms with Crippen molar-refractivity contribution in [3.63, 3.8) is 0 Å². The Morgan fingerprint density at radius 3 is 2.27 bits per heavy atom. The number of benzene rings is 2. The lowest BCUT2D eigenvalue weighted by Gasteiger charge is -2.15. The number of methoxy groups -OCH3 is 2. The molecule has 0 spiro atoms. The highest BCUT2D eigenvalue weighted by Crippen LogP contribution is 2.34. The molecular formula is C16H17ClN2O3. The van der Waals surface area contributed by atoms with Gasteiger partial charge in [-0.15, -0.1) is 0 Å². The molecule has 116 valence electrons. The molecule has 22 heavy (non-hydrogen) atoms. The Kier molecular flexibility index (Phi) is 5.12. The average Bonchev–Trinajstić information content (AvgIpc) is 2.51. The first kappa shape index (κ1) is 16.0. The van der Waals surface area contributed by atoms with Crippen molar-refractivity contribution in [2.24, 2.45) is 0 Å². The Hall–Kier alpha value is -2.40. The predicted octanol–water partition coefficient (Wildman–Crippen LogP) is 4.31. The topological polar surface area (TPSA) is 59.6 Å². The SMILES string of the molecule is COc1cccc(OC)c1NC(=O)Nc1cc(Cl)ccc1C. The summed E-state index contributed by atoms with van der Waals surface area (Å²) < 4.78 is 10.5. The molecular weight excluding hydrogens is 304 g/mol. The minimum absolute atomic E-state index is 0.409. The van der Waals surface area contributed by atoms with Gasteiger partial charge in [-0.3, -0.25) is 0 Å². The fourth-order valence-corrected chi connectivity index (χ4v) is 2.14. The summed E-state index contributed by atoms with van der Waals surface area (Å²) in [5.41, 5.74) is 2.01. The highest BCUT2D eigenvalue weighted by atomic mass is 35.5. The Labute approximate surface area is 134 Å². The number of carbonyl (C=O) groups excluding carboxylic acids is 1. The number of hydrogen-bond donors (Lipinski definition) is 2. The van der Waals surface area contributed by atoms with Crippen LogP contribution in [0.4, 0.5) is 16.2 Å². The van der Waals surface area contributed by atoms with Gasteiger partial charge in [-0.1, -0.05) is 23.7 Å². The quantitative estimate of drug-likeness (QED) is 0.882. The van der Waals surface area contributed by atoms with E-state index in [2.05, 4.69) is 10.6 Å². The second-order valence-electron chi connectivity index (χ2n) is 4.58. The third-order valence-corrected chi connectivity index (χ3v) is 3.35. The van der Waals surface area contributed by atoms with Crippen molar-refractivity contribution in [3.8, 4) is 11.5 Å². The van der Waals surface area contributed by atoms with Gasteiger partial charge < -0.3 is 20.1 Å². The number of ether oxygens (including phenoxy) is 2. The molecule has 0 aliphatic carbocycles. The van der Waals surface area contributed by atoms with Gasteiger partial charge in [-0.05, 0) is 36.8 Å². The number of rotatable bonds is 4. The Bertz CT molecular complexity index is 667. The van der Waals surface area contributed by atoms with Crippen molar-refractivity contribution >= 4 is 29.0 Å². The van der Waals surface area contributed by atoms with Crippen molar-refractivity contribution in [2.45, 2.75) is 6.92 Å². The Morgan fingerprint density at radius 1 is 1.05 bits per heavy atom. The molecule has 0 aliphatic heterocycles. The second-order valence-corrected chi connectivity index (χ2v) is 5.01. The van der Waals surface area contributed by atoms with E-state index in [-0.39, 0.29) is 0 Å². The molecule has 2 N–H and O–H groups in total. The van der Waals surface area contributed by atoms with Gasteiger partial charge in [0.2, 0.25) is 0 Å². The molecule has 2 rings (SSSR count). The molecule has 0 radical (unpaired) electrons. The number of amides is 2. The fraction of sp³-hybridized carbons (Fsp3) is 0.188. The number of halogens is 1. The van der Waals surface area contributed by atoms with Crippen LogP contribution >= 0.6 is 11.6 Å². The standard InChI is InChI=1S/C16H17ClN2O3/c1-10-7-8-11(17)9-12(10)18-16(20)19-15-13(21-2)5-4-6-14(15)22-3/h4-9H,1-3H3,(H2,18,19,20). The number of nitrogens with one attached hydrogen (secondary N) is 2.